The fourth-order valence-corrected chi connectivity index (χ4v) is 5.05. The number of aryl methyl sites for hydroxylation is 1. The molecule has 0 bridgehead atoms. The van der Waals surface area contributed by atoms with Gasteiger partial charge in [0.2, 0.25) is 0 Å². The third-order valence-electron chi connectivity index (χ3n) is 5.95. The SMILES string of the molecule is CCC(c1cccs1)c1c(O)cc(C(Cc2ccc(C)cc2)CC2CC2)oc1=O. The van der Waals surface area contributed by atoms with E-state index in [2.05, 4.69) is 31.2 Å². The van der Waals surface area contributed by atoms with Crippen molar-refractivity contribution in [2.24, 2.45) is 5.92 Å². The fraction of sp³-hybridized carbons (Fsp3) is 0.400. The molecule has 4 rings (SSSR count). The summed E-state index contributed by atoms with van der Waals surface area (Å²) in [6, 6.07) is 14.2. The third kappa shape index (κ3) is 4.64. The van der Waals surface area contributed by atoms with Crippen LogP contribution in [0.4, 0.5) is 0 Å². The lowest BCUT2D eigenvalue weighted by Gasteiger charge is -2.19. The van der Waals surface area contributed by atoms with Crippen LogP contribution < -0.4 is 5.63 Å². The van der Waals surface area contributed by atoms with Crippen LogP contribution >= 0.6 is 11.3 Å². The molecule has 0 spiro atoms. The maximum atomic E-state index is 12.9. The minimum absolute atomic E-state index is 0.0706. The van der Waals surface area contributed by atoms with Gasteiger partial charge in [-0.1, -0.05) is 55.7 Å². The molecule has 3 aromatic rings. The van der Waals surface area contributed by atoms with Crippen molar-refractivity contribution in [1.29, 1.82) is 0 Å². The molecule has 1 fully saturated rings. The number of benzene rings is 1. The monoisotopic (exact) mass is 408 g/mol. The summed E-state index contributed by atoms with van der Waals surface area (Å²) in [6.07, 6.45) is 5.05. The Morgan fingerprint density at radius 2 is 1.97 bits per heavy atom. The molecule has 4 heteroatoms. The molecule has 3 nitrogen and oxygen atoms in total. The Balaban J connectivity index is 1.66. The van der Waals surface area contributed by atoms with Gasteiger partial charge in [-0.2, -0.15) is 0 Å². The van der Waals surface area contributed by atoms with E-state index in [0.29, 0.717) is 17.2 Å². The van der Waals surface area contributed by atoms with Crippen LogP contribution in [0.3, 0.4) is 0 Å². The Labute approximate surface area is 176 Å². The van der Waals surface area contributed by atoms with Crippen molar-refractivity contribution in [1.82, 2.24) is 0 Å². The fourth-order valence-electron chi connectivity index (χ4n) is 4.13. The van der Waals surface area contributed by atoms with Gasteiger partial charge in [-0.25, -0.2) is 4.79 Å². The lowest BCUT2D eigenvalue weighted by atomic mass is 9.90. The first-order chi connectivity index (χ1) is 14.0. The molecule has 152 valence electrons. The van der Waals surface area contributed by atoms with E-state index in [1.165, 1.54) is 24.0 Å². The van der Waals surface area contributed by atoms with Gasteiger partial charge in [-0.3, -0.25) is 0 Å². The molecule has 1 aliphatic rings. The minimum Gasteiger partial charge on any atom is -0.507 e. The zero-order valence-electron chi connectivity index (χ0n) is 17.1. The average Bonchev–Trinajstić information content (AvgIpc) is 3.35. The third-order valence-corrected chi connectivity index (χ3v) is 6.93. The van der Waals surface area contributed by atoms with E-state index in [-0.39, 0.29) is 17.6 Å². The summed E-state index contributed by atoms with van der Waals surface area (Å²) in [4.78, 5) is 14.0. The van der Waals surface area contributed by atoms with Crippen LogP contribution in [0.25, 0.3) is 0 Å². The van der Waals surface area contributed by atoms with Crippen LogP contribution in [0.15, 0.2) is 57.1 Å². The van der Waals surface area contributed by atoms with Crippen molar-refractivity contribution in [3.63, 3.8) is 0 Å². The first-order valence-electron chi connectivity index (χ1n) is 10.5. The topological polar surface area (TPSA) is 50.4 Å². The highest BCUT2D eigenvalue weighted by Crippen LogP contribution is 2.41. The summed E-state index contributed by atoms with van der Waals surface area (Å²) in [5.74, 6) is 1.37. The largest absolute Gasteiger partial charge is 0.507 e. The van der Waals surface area contributed by atoms with Crippen LogP contribution in [0, 0.1) is 12.8 Å². The van der Waals surface area contributed by atoms with Gasteiger partial charge >= 0.3 is 5.63 Å². The van der Waals surface area contributed by atoms with E-state index in [1.807, 2.05) is 24.4 Å². The van der Waals surface area contributed by atoms with Crippen molar-refractivity contribution in [3.05, 3.63) is 85.6 Å². The second-order valence-electron chi connectivity index (χ2n) is 8.28. The Kier molecular flexibility index (Phi) is 5.91. The first-order valence-corrected chi connectivity index (χ1v) is 11.4. The highest BCUT2D eigenvalue weighted by Gasteiger charge is 2.30. The second-order valence-corrected chi connectivity index (χ2v) is 9.26. The van der Waals surface area contributed by atoms with Crippen molar-refractivity contribution in [2.75, 3.05) is 0 Å². The van der Waals surface area contributed by atoms with Crippen molar-refractivity contribution in [3.8, 4) is 5.75 Å². The molecule has 0 radical (unpaired) electrons. The molecular weight excluding hydrogens is 380 g/mol. The normalized spacial score (nSPS) is 15.9. The molecule has 2 unspecified atom stereocenters. The zero-order valence-corrected chi connectivity index (χ0v) is 17.9. The Hall–Kier alpha value is -2.33. The summed E-state index contributed by atoms with van der Waals surface area (Å²) in [6.45, 7) is 4.11. The summed E-state index contributed by atoms with van der Waals surface area (Å²) in [5, 5.41) is 12.8. The molecule has 2 aromatic heterocycles. The number of rotatable bonds is 8. The number of aromatic hydroxyl groups is 1. The van der Waals surface area contributed by atoms with Gasteiger partial charge in [0.15, 0.2) is 0 Å². The van der Waals surface area contributed by atoms with E-state index >= 15 is 0 Å². The lowest BCUT2D eigenvalue weighted by Crippen LogP contribution is -2.16. The van der Waals surface area contributed by atoms with E-state index in [0.717, 1.165) is 24.1 Å². The molecule has 2 heterocycles. The summed E-state index contributed by atoms with van der Waals surface area (Å²) >= 11 is 1.61. The van der Waals surface area contributed by atoms with Gasteiger partial charge in [0.1, 0.15) is 11.5 Å². The molecule has 1 saturated carbocycles. The maximum absolute atomic E-state index is 12.9. The molecular formula is C25H28O3S. The van der Waals surface area contributed by atoms with Crippen LogP contribution in [-0.4, -0.2) is 5.11 Å². The lowest BCUT2D eigenvalue weighted by molar-refractivity contribution is 0.372. The molecule has 0 aliphatic heterocycles. The number of hydrogen-bond donors (Lipinski definition) is 1. The molecule has 1 aliphatic carbocycles. The predicted molar refractivity (Wildman–Crippen MR) is 118 cm³/mol. The molecule has 29 heavy (non-hydrogen) atoms. The van der Waals surface area contributed by atoms with Crippen molar-refractivity contribution < 1.29 is 9.52 Å². The van der Waals surface area contributed by atoms with Crippen molar-refractivity contribution >= 4 is 11.3 Å². The van der Waals surface area contributed by atoms with Gasteiger partial charge in [-0.05, 0) is 49.1 Å². The molecule has 0 amide bonds. The van der Waals surface area contributed by atoms with Crippen molar-refractivity contribution in [2.45, 2.75) is 57.8 Å². The first kappa shape index (κ1) is 20.0. The molecule has 1 N–H and O–H groups in total. The smallest absolute Gasteiger partial charge is 0.343 e. The Morgan fingerprint density at radius 1 is 1.21 bits per heavy atom. The molecule has 2 atom stereocenters. The Morgan fingerprint density at radius 3 is 2.55 bits per heavy atom. The quantitative estimate of drug-likeness (QED) is 0.470. The summed E-state index contributed by atoms with van der Waals surface area (Å²) in [5.41, 5.74) is 2.46. The van der Waals surface area contributed by atoms with Gasteiger partial charge in [0, 0.05) is 22.8 Å². The highest BCUT2D eigenvalue weighted by atomic mass is 32.1. The van der Waals surface area contributed by atoms with E-state index in [1.54, 1.807) is 17.4 Å². The number of thiophene rings is 1. The second kappa shape index (κ2) is 8.58. The minimum atomic E-state index is -0.398. The van der Waals surface area contributed by atoms with Gasteiger partial charge in [-0.15, -0.1) is 11.3 Å². The van der Waals surface area contributed by atoms with Gasteiger partial charge in [0.05, 0.1) is 5.56 Å². The highest BCUT2D eigenvalue weighted by molar-refractivity contribution is 7.10. The summed E-state index contributed by atoms with van der Waals surface area (Å²) in [7, 11) is 0. The Bertz CT molecular complexity index is 998. The van der Waals surface area contributed by atoms with E-state index in [9.17, 15) is 9.90 Å². The van der Waals surface area contributed by atoms with E-state index < -0.39 is 5.63 Å². The molecule has 0 saturated heterocycles. The average molecular weight is 409 g/mol. The van der Waals surface area contributed by atoms with E-state index in [4.69, 9.17) is 4.42 Å². The van der Waals surface area contributed by atoms with Crippen LogP contribution in [0.2, 0.25) is 0 Å². The summed E-state index contributed by atoms with van der Waals surface area (Å²) < 4.78 is 5.85. The van der Waals surface area contributed by atoms with Crippen LogP contribution in [-0.2, 0) is 6.42 Å². The van der Waals surface area contributed by atoms with Crippen LogP contribution in [0.5, 0.6) is 5.75 Å². The van der Waals surface area contributed by atoms with Gasteiger partial charge in [0.25, 0.3) is 0 Å². The predicted octanol–water partition coefficient (Wildman–Crippen LogP) is 6.38. The number of hydrogen-bond acceptors (Lipinski definition) is 4. The van der Waals surface area contributed by atoms with Crippen LogP contribution in [0.1, 0.15) is 71.8 Å². The standard InChI is InChI=1S/C25H28O3S/c1-3-20(23-5-4-12-29-23)24-21(26)15-22(28-25(24)27)19(14-18-10-11-18)13-17-8-6-16(2)7-9-17/h4-9,12,15,18-20,26H,3,10-11,13-14H2,1-2H3. The zero-order chi connectivity index (χ0) is 20.4. The van der Waals surface area contributed by atoms with Gasteiger partial charge < -0.3 is 9.52 Å². The molecule has 1 aromatic carbocycles. The maximum Gasteiger partial charge on any atom is 0.343 e.